The van der Waals surface area contributed by atoms with Crippen LogP contribution in [0.25, 0.3) is 0 Å². The molecule has 1 heterocycles. The van der Waals surface area contributed by atoms with Crippen LogP contribution in [0.1, 0.15) is 23.1 Å². The molecule has 0 amide bonds. The van der Waals surface area contributed by atoms with Gasteiger partial charge in [0.25, 0.3) is 0 Å². The first-order chi connectivity index (χ1) is 10.4. The average molecular weight is 276 g/mol. The summed E-state index contributed by atoms with van der Waals surface area (Å²) >= 11 is 0. The Kier molecular flexibility index (Phi) is 3.97. The Morgan fingerprint density at radius 3 is 2.10 bits per heavy atom. The van der Waals surface area contributed by atoms with Crippen LogP contribution in [0.15, 0.2) is 84.7 Å². The molecule has 1 aliphatic heterocycles. The van der Waals surface area contributed by atoms with E-state index >= 15 is 0 Å². The molecule has 0 saturated carbocycles. The lowest BCUT2D eigenvalue weighted by Gasteiger charge is -2.29. The molecule has 3 rings (SSSR count). The largest absolute Gasteiger partial charge is 0.489 e. The molecule has 2 unspecified atom stereocenters. The fourth-order valence-electron chi connectivity index (χ4n) is 2.69. The minimum absolute atomic E-state index is 0.0651. The van der Waals surface area contributed by atoms with E-state index in [0.29, 0.717) is 0 Å². The summed E-state index contributed by atoms with van der Waals surface area (Å²) in [5, 5.41) is 0. The van der Waals surface area contributed by atoms with E-state index in [2.05, 4.69) is 12.1 Å². The van der Waals surface area contributed by atoms with Gasteiger partial charge in [0.1, 0.15) is 12.4 Å². The van der Waals surface area contributed by atoms with Crippen LogP contribution in [0.4, 0.5) is 0 Å². The molecule has 104 valence electrons. The molecule has 0 radical (unpaired) electrons. The Morgan fingerprint density at radius 1 is 0.857 bits per heavy atom. The van der Waals surface area contributed by atoms with Gasteiger partial charge in [-0.1, -0.05) is 60.7 Å². The highest BCUT2D eigenvalue weighted by molar-refractivity contribution is 5.68. The van der Waals surface area contributed by atoms with Gasteiger partial charge in [0, 0.05) is 5.92 Å². The molecule has 0 aromatic heterocycles. The number of hydrogen-bond donors (Lipinski definition) is 0. The minimum Gasteiger partial charge on any atom is -0.489 e. The zero-order chi connectivity index (χ0) is 14.5. The molecule has 0 spiro atoms. The number of aldehydes is 1. The van der Waals surface area contributed by atoms with Gasteiger partial charge in [0.2, 0.25) is 0 Å². The van der Waals surface area contributed by atoms with E-state index in [1.165, 1.54) is 0 Å². The number of hydrogen-bond acceptors (Lipinski definition) is 2. The van der Waals surface area contributed by atoms with Crippen LogP contribution in [0, 0.1) is 0 Å². The molecule has 2 atom stereocenters. The topological polar surface area (TPSA) is 26.3 Å². The van der Waals surface area contributed by atoms with Gasteiger partial charge in [0.15, 0.2) is 0 Å². The van der Waals surface area contributed by atoms with E-state index in [1.54, 1.807) is 12.3 Å². The maximum atomic E-state index is 11.1. The number of ether oxygens (including phenoxy) is 1. The lowest BCUT2D eigenvalue weighted by atomic mass is 9.84. The smallest absolute Gasteiger partial charge is 0.145 e. The first-order valence-corrected chi connectivity index (χ1v) is 6.97. The van der Waals surface area contributed by atoms with Crippen molar-refractivity contribution in [3.8, 4) is 0 Å². The van der Waals surface area contributed by atoms with E-state index in [4.69, 9.17) is 4.74 Å². The molecule has 2 aromatic rings. The van der Waals surface area contributed by atoms with Crippen molar-refractivity contribution in [2.75, 3.05) is 0 Å². The first-order valence-electron chi connectivity index (χ1n) is 6.97. The second-order valence-corrected chi connectivity index (χ2v) is 4.95. The molecular formula is C19H16O2. The normalized spacial score (nSPS) is 22.8. The molecule has 0 aliphatic carbocycles. The number of allylic oxidation sites excluding steroid dienone is 2. The predicted octanol–water partition coefficient (Wildman–Crippen LogP) is 4.18. The fourth-order valence-corrected chi connectivity index (χ4v) is 2.69. The Hall–Kier alpha value is -2.61. The minimum atomic E-state index is -0.216. The zero-order valence-corrected chi connectivity index (χ0v) is 11.6. The van der Waals surface area contributed by atoms with Gasteiger partial charge >= 0.3 is 0 Å². The van der Waals surface area contributed by atoms with E-state index in [1.807, 2.05) is 54.6 Å². The summed E-state index contributed by atoms with van der Waals surface area (Å²) in [6.07, 6.45) is 5.97. The second kappa shape index (κ2) is 6.23. The number of rotatable bonds is 3. The summed E-state index contributed by atoms with van der Waals surface area (Å²) in [5.41, 5.74) is 3.17. The highest BCUT2D eigenvalue weighted by atomic mass is 16.5. The summed E-state index contributed by atoms with van der Waals surface area (Å²) in [5.74, 6) is 0.0651. The lowest BCUT2D eigenvalue weighted by Crippen LogP contribution is -2.15. The van der Waals surface area contributed by atoms with Gasteiger partial charge < -0.3 is 4.74 Å². The Bertz CT molecular complexity index is 656. The van der Waals surface area contributed by atoms with Gasteiger partial charge in [-0.3, -0.25) is 4.79 Å². The number of benzene rings is 2. The SMILES string of the molecule is O=CC=C1C(c2ccccc2)C=COC1c1ccccc1. The van der Waals surface area contributed by atoms with Crippen LogP contribution in [0.3, 0.4) is 0 Å². The maximum Gasteiger partial charge on any atom is 0.145 e. The summed E-state index contributed by atoms with van der Waals surface area (Å²) in [4.78, 5) is 11.1. The van der Waals surface area contributed by atoms with Gasteiger partial charge in [-0.2, -0.15) is 0 Å². The Balaban J connectivity index is 2.03. The van der Waals surface area contributed by atoms with E-state index in [0.717, 1.165) is 23.0 Å². The van der Waals surface area contributed by atoms with Crippen molar-refractivity contribution in [3.05, 3.63) is 95.8 Å². The Labute approximate surface area is 124 Å². The third kappa shape index (κ3) is 2.79. The summed E-state index contributed by atoms with van der Waals surface area (Å²) in [6, 6.07) is 20.1. The fraction of sp³-hybridized carbons (Fsp3) is 0.105. The zero-order valence-electron chi connectivity index (χ0n) is 11.6. The molecule has 0 bridgehead atoms. The summed E-state index contributed by atoms with van der Waals surface area (Å²) in [6.45, 7) is 0. The molecule has 0 N–H and O–H groups in total. The predicted molar refractivity (Wildman–Crippen MR) is 82.7 cm³/mol. The second-order valence-electron chi connectivity index (χ2n) is 4.95. The van der Waals surface area contributed by atoms with Crippen molar-refractivity contribution in [1.82, 2.24) is 0 Å². The van der Waals surface area contributed by atoms with Crippen LogP contribution in [-0.2, 0) is 9.53 Å². The molecular weight excluding hydrogens is 260 g/mol. The van der Waals surface area contributed by atoms with Gasteiger partial charge in [-0.05, 0) is 28.9 Å². The average Bonchev–Trinajstić information content (AvgIpc) is 2.57. The molecule has 2 nitrogen and oxygen atoms in total. The van der Waals surface area contributed by atoms with Crippen LogP contribution in [0.5, 0.6) is 0 Å². The number of carbonyl (C=O) groups excluding carboxylic acids is 1. The molecule has 0 saturated heterocycles. The lowest BCUT2D eigenvalue weighted by molar-refractivity contribution is -0.104. The highest BCUT2D eigenvalue weighted by Gasteiger charge is 2.27. The highest BCUT2D eigenvalue weighted by Crippen LogP contribution is 2.40. The molecule has 2 heteroatoms. The molecule has 1 aliphatic rings. The van der Waals surface area contributed by atoms with Crippen molar-refractivity contribution in [2.24, 2.45) is 0 Å². The van der Waals surface area contributed by atoms with Crippen LogP contribution in [-0.4, -0.2) is 6.29 Å². The van der Waals surface area contributed by atoms with Crippen molar-refractivity contribution < 1.29 is 9.53 Å². The van der Waals surface area contributed by atoms with E-state index in [-0.39, 0.29) is 12.0 Å². The van der Waals surface area contributed by atoms with Crippen LogP contribution < -0.4 is 0 Å². The summed E-state index contributed by atoms with van der Waals surface area (Å²) < 4.78 is 5.77. The standard InChI is InChI=1S/C19H16O2/c20-13-11-18-17(15-7-3-1-4-8-15)12-14-21-19(18)16-9-5-2-6-10-16/h1-14,17,19H. The third-order valence-corrected chi connectivity index (χ3v) is 3.67. The molecule has 21 heavy (non-hydrogen) atoms. The van der Waals surface area contributed by atoms with Crippen molar-refractivity contribution in [3.63, 3.8) is 0 Å². The van der Waals surface area contributed by atoms with Gasteiger partial charge in [-0.25, -0.2) is 0 Å². The third-order valence-electron chi connectivity index (χ3n) is 3.67. The van der Waals surface area contributed by atoms with Crippen molar-refractivity contribution >= 4 is 6.29 Å². The monoisotopic (exact) mass is 276 g/mol. The van der Waals surface area contributed by atoms with E-state index < -0.39 is 0 Å². The van der Waals surface area contributed by atoms with Gasteiger partial charge in [0.05, 0.1) is 6.26 Å². The summed E-state index contributed by atoms with van der Waals surface area (Å²) in [7, 11) is 0. The maximum absolute atomic E-state index is 11.1. The number of carbonyl (C=O) groups is 1. The van der Waals surface area contributed by atoms with E-state index in [9.17, 15) is 4.79 Å². The van der Waals surface area contributed by atoms with Crippen molar-refractivity contribution in [2.45, 2.75) is 12.0 Å². The van der Waals surface area contributed by atoms with Crippen LogP contribution >= 0.6 is 0 Å². The van der Waals surface area contributed by atoms with Crippen molar-refractivity contribution in [1.29, 1.82) is 0 Å². The molecule has 2 aromatic carbocycles. The molecule has 0 fully saturated rings. The van der Waals surface area contributed by atoms with Gasteiger partial charge in [-0.15, -0.1) is 0 Å². The first kappa shape index (κ1) is 13.4. The Morgan fingerprint density at radius 2 is 1.48 bits per heavy atom. The quantitative estimate of drug-likeness (QED) is 0.621. The van der Waals surface area contributed by atoms with Crippen LogP contribution in [0.2, 0.25) is 0 Å².